The molecule has 1 aromatic carbocycles. The van der Waals surface area contributed by atoms with Gasteiger partial charge in [0, 0.05) is 23.7 Å². The largest absolute Gasteiger partial charge is 0.330 e. The Hall–Kier alpha value is -1.95. The number of nitrogens with zero attached hydrogens (tertiary/aromatic N) is 1. The zero-order valence-electron chi connectivity index (χ0n) is 11.2. The minimum atomic E-state index is -0.470. The second-order valence-corrected chi connectivity index (χ2v) is 5.25. The van der Waals surface area contributed by atoms with Crippen LogP contribution in [0.3, 0.4) is 0 Å². The molecule has 0 unspecified atom stereocenters. The number of rotatable bonds is 4. The van der Waals surface area contributed by atoms with E-state index in [4.69, 9.17) is 5.73 Å². The van der Waals surface area contributed by atoms with Gasteiger partial charge >= 0.3 is 0 Å². The standard InChI is InChI=1S/C14H19N3O3/c15-9-10-4-6-11(7-5-10)14(18)16-12-2-1-3-13(8-12)17(19)20/h1-3,8,10-11H,4-7,9,15H2,(H,16,18). The fourth-order valence-corrected chi connectivity index (χ4v) is 2.60. The van der Waals surface area contributed by atoms with Crippen LogP contribution in [-0.4, -0.2) is 17.4 Å². The number of anilines is 1. The van der Waals surface area contributed by atoms with E-state index in [0.717, 1.165) is 25.7 Å². The molecule has 3 N–H and O–H groups in total. The molecule has 20 heavy (non-hydrogen) atoms. The second-order valence-electron chi connectivity index (χ2n) is 5.25. The molecule has 0 bridgehead atoms. The van der Waals surface area contributed by atoms with Gasteiger partial charge in [-0.15, -0.1) is 0 Å². The Labute approximate surface area is 117 Å². The highest BCUT2D eigenvalue weighted by Crippen LogP contribution is 2.29. The fraction of sp³-hybridized carbons (Fsp3) is 0.500. The highest BCUT2D eigenvalue weighted by molar-refractivity contribution is 5.92. The molecule has 1 aliphatic rings. The maximum absolute atomic E-state index is 12.1. The summed E-state index contributed by atoms with van der Waals surface area (Å²) in [6.07, 6.45) is 3.62. The van der Waals surface area contributed by atoms with Crippen LogP contribution in [0.5, 0.6) is 0 Å². The van der Waals surface area contributed by atoms with Crippen molar-refractivity contribution in [3.8, 4) is 0 Å². The first-order chi connectivity index (χ1) is 9.60. The molecule has 0 saturated heterocycles. The quantitative estimate of drug-likeness (QED) is 0.651. The molecule has 2 rings (SSSR count). The summed E-state index contributed by atoms with van der Waals surface area (Å²) in [6, 6.07) is 6.01. The SMILES string of the molecule is NCC1CCC(C(=O)Nc2cccc([N+](=O)[O-])c2)CC1. The number of nitro groups is 1. The number of nitrogens with one attached hydrogen (secondary N) is 1. The van der Waals surface area contributed by atoms with Crippen molar-refractivity contribution in [3.63, 3.8) is 0 Å². The maximum atomic E-state index is 12.1. The number of amides is 1. The lowest BCUT2D eigenvalue weighted by Crippen LogP contribution is -2.29. The molecule has 6 heteroatoms. The van der Waals surface area contributed by atoms with Crippen LogP contribution in [0.4, 0.5) is 11.4 Å². The van der Waals surface area contributed by atoms with Crippen LogP contribution in [0.1, 0.15) is 25.7 Å². The smallest absolute Gasteiger partial charge is 0.271 e. The van der Waals surface area contributed by atoms with Gasteiger partial charge < -0.3 is 11.1 Å². The highest BCUT2D eigenvalue weighted by Gasteiger charge is 2.25. The third kappa shape index (κ3) is 3.54. The molecule has 0 aliphatic heterocycles. The van der Waals surface area contributed by atoms with Gasteiger partial charge in [0.25, 0.3) is 5.69 Å². The number of carbonyl (C=O) groups excluding carboxylic acids is 1. The summed E-state index contributed by atoms with van der Waals surface area (Å²) < 4.78 is 0. The van der Waals surface area contributed by atoms with Gasteiger partial charge in [0.1, 0.15) is 0 Å². The van der Waals surface area contributed by atoms with Gasteiger partial charge in [0.2, 0.25) is 5.91 Å². The van der Waals surface area contributed by atoms with Crippen molar-refractivity contribution in [1.29, 1.82) is 0 Å². The molecule has 1 fully saturated rings. The van der Waals surface area contributed by atoms with Crippen LogP contribution in [0.25, 0.3) is 0 Å². The van der Waals surface area contributed by atoms with Gasteiger partial charge in [-0.3, -0.25) is 14.9 Å². The van der Waals surface area contributed by atoms with E-state index < -0.39 is 4.92 Å². The zero-order valence-corrected chi connectivity index (χ0v) is 11.2. The van der Waals surface area contributed by atoms with Gasteiger partial charge in [-0.2, -0.15) is 0 Å². The van der Waals surface area contributed by atoms with Gasteiger partial charge in [0.15, 0.2) is 0 Å². The van der Waals surface area contributed by atoms with Crippen molar-refractivity contribution < 1.29 is 9.72 Å². The molecule has 0 atom stereocenters. The van der Waals surface area contributed by atoms with Gasteiger partial charge in [-0.25, -0.2) is 0 Å². The summed E-state index contributed by atoms with van der Waals surface area (Å²) in [5, 5.41) is 13.5. The van der Waals surface area contributed by atoms with E-state index in [-0.39, 0.29) is 17.5 Å². The lowest BCUT2D eigenvalue weighted by Gasteiger charge is -2.26. The average molecular weight is 277 g/mol. The molecule has 0 radical (unpaired) electrons. The second kappa shape index (κ2) is 6.47. The first-order valence-corrected chi connectivity index (χ1v) is 6.85. The first kappa shape index (κ1) is 14.5. The van der Waals surface area contributed by atoms with Crippen LogP contribution >= 0.6 is 0 Å². The van der Waals surface area contributed by atoms with E-state index in [0.29, 0.717) is 18.2 Å². The Balaban J connectivity index is 1.95. The average Bonchev–Trinajstić information content (AvgIpc) is 2.47. The van der Waals surface area contributed by atoms with Crippen molar-refractivity contribution in [2.45, 2.75) is 25.7 Å². The molecular weight excluding hydrogens is 258 g/mol. The topological polar surface area (TPSA) is 98.3 Å². The fourth-order valence-electron chi connectivity index (χ4n) is 2.60. The summed E-state index contributed by atoms with van der Waals surface area (Å²) in [7, 11) is 0. The molecule has 1 aromatic rings. The molecule has 1 saturated carbocycles. The predicted octanol–water partition coefficient (Wildman–Crippen LogP) is 2.30. The van der Waals surface area contributed by atoms with Gasteiger partial charge in [-0.1, -0.05) is 6.07 Å². The van der Waals surface area contributed by atoms with Crippen molar-refractivity contribution in [2.24, 2.45) is 17.6 Å². The lowest BCUT2D eigenvalue weighted by atomic mass is 9.81. The number of nitro benzene ring substituents is 1. The third-order valence-corrected chi connectivity index (χ3v) is 3.88. The number of hydrogen-bond acceptors (Lipinski definition) is 4. The van der Waals surface area contributed by atoms with Crippen LogP contribution in [0.15, 0.2) is 24.3 Å². The van der Waals surface area contributed by atoms with Crippen LogP contribution in [-0.2, 0) is 4.79 Å². The molecule has 0 aromatic heterocycles. The Morgan fingerprint density at radius 1 is 1.35 bits per heavy atom. The molecule has 1 aliphatic carbocycles. The van der Waals surface area contributed by atoms with Crippen LogP contribution < -0.4 is 11.1 Å². The first-order valence-electron chi connectivity index (χ1n) is 6.85. The summed E-state index contributed by atoms with van der Waals surface area (Å²) in [4.78, 5) is 22.4. The molecule has 6 nitrogen and oxygen atoms in total. The number of benzene rings is 1. The summed E-state index contributed by atoms with van der Waals surface area (Å²) in [6.45, 7) is 0.680. The molecule has 108 valence electrons. The monoisotopic (exact) mass is 277 g/mol. The van der Waals surface area contributed by atoms with Crippen LogP contribution in [0.2, 0.25) is 0 Å². The van der Waals surface area contributed by atoms with E-state index in [1.165, 1.54) is 12.1 Å². The third-order valence-electron chi connectivity index (χ3n) is 3.88. The Morgan fingerprint density at radius 2 is 2.05 bits per heavy atom. The van der Waals surface area contributed by atoms with Crippen molar-refractivity contribution in [1.82, 2.24) is 0 Å². The minimum Gasteiger partial charge on any atom is -0.330 e. The lowest BCUT2D eigenvalue weighted by molar-refractivity contribution is -0.384. The Bertz CT molecular complexity index is 496. The maximum Gasteiger partial charge on any atom is 0.271 e. The Kier molecular flexibility index (Phi) is 4.68. The number of hydrogen-bond donors (Lipinski definition) is 2. The van der Waals surface area contributed by atoms with Crippen molar-refractivity contribution >= 4 is 17.3 Å². The summed E-state index contributed by atoms with van der Waals surface area (Å²) in [5.41, 5.74) is 6.09. The van der Waals surface area contributed by atoms with E-state index in [2.05, 4.69) is 5.32 Å². The van der Waals surface area contributed by atoms with Crippen molar-refractivity contribution in [2.75, 3.05) is 11.9 Å². The molecule has 0 heterocycles. The number of carbonyl (C=O) groups is 1. The van der Waals surface area contributed by atoms with E-state index in [9.17, 15) is 14.9 Å². The summed E-state index contributed by atoms with van der Waals surface area (Å²) >= 11 is 0. The van der Waals surface area contributed by atoms with Gasteiger partial charge in [-0.05, 0) is 44.2 Å². The molecule has 0 spiro atoms. The van der Waals surface area contributed by atoms with E-state index in [1.807, 2.05) is 0 Å². The van der Waals surface area contributed by atoms with Crippen molar-refractivity contribution in [3.05, 3.63) is 34.4 Å². The number of non-ortho nitro benzene ring substituents is 1. The predicted molar refractivity (Wildman–Crippen MR) is 76.2 cm³/mol. The van der Waals surface area contributed by atoms with E-state index >= 15 is 0 Å². The molecular formula is C14H19N3O3. The van der Waals surface area contributed by atoms with Crippen LogP contribution in [0, 0.1) is 22.0 Å². The molecule has 1 amide bonds. The van der Waals surface area contributed by atoms with Gasteiger partial charge in [0.05, 0.1) is 4.92 Å². The summed E-state index contributed by atoms with van der Waals surface area (Å²) in [5.74, 6) is 0.454. The van der Waals surface area contributed by atoms with E-state index in [1.54, 1.807) is 12.1 Å². The number of nitrogens with two attached hydrogens (primary N) is 1. The minimum absolute atomic E-state index is 0.0166. The zero-order chi connectivity index (χ0) is 14.5. The normalized spacial score (nSPS) is 22.2. The highest BCUT2D eigenvalue weighted by atomic mass is 16.6. The Morgan fingerprint density at radius 3 is 2.65 bits per heavy atom.